The molecule has 0 spiro atoms. The van der Waals surface area contributed by atoms with Crippen LogP contribution in [0.1, 0.15) is 35.7 Å². The van der Waals surface area contributed by atoms with Gasteiger partial charge in [-0.1, -0.05) is 61.9 Å². The van der Waals surface area contributed by atoms with E-state index in [4.69, 9.17) is 0 Å². The number of unbranched alkanes of at least 4 members (excludes halogenated alkanes) is 1. The van der Waals surface area contributed by atoms with E-state index in [1.54, 1.807) is 0 Å². The highest BCUT2D eigenvalue weighted by Crippen LogP contribution is 2.22. The molecule has 118 valence electrons. The van der Waals surface area contributed by atoms with Gasteiger partial charge in [-0.15, -0.1) is 0 Å². The van der Waals surface area contributed by atoms with Crippen molar-refractivity contribution in [1.82, 2.24) is 9.88 Å². The van der Waals surface area contributed by atoms with Crippen LogP contribution in [0.2, 0.25) is 0 Å². The van der Waals surface area contributed by atoms with Crippen LogP contribution in [-0.2, 0) is 6.54 Å². The molecule has 1 N–H and O–H groups in total. The average Bonchev–Trinajstić information content (AvgIpc) is 2.95. The summed E-state index contributed by atoms with van der Waals surface area (Å²) in [6, 6.07) is 18.4. The van der Waals surface area contributed by atoms with E-state index >= 15 is 0 Å². The number of carbonyl (C=O) groups is 1. The first-order valence-corrected chi connectivity index (χ1v) is 8.19. The molecule has 3 aromatic rings. The zero-order chi connectivity index (χ0) is 16.1. The molecule has 0 saturated heterocycles. The Morgan fingerprint density at radius 3 is 2.57 bits per heavy atom. The van der Waals surface area contributed by atoms with Crippen LogP contribution < -0.4 is 5.32 Å². The van der Waals surface area contributed by atoms with Gasteiger partial charge >= 0.3 is 0 Å². The van der Waals surface area contributed by atoms with E-state index in [0.717, 1.165) is 42.4 Å². The average molecular weight is 306 g/mol. The minimum Gasteiger partial charge on any atom is -0.352 e. The van der Waals surface area contributed by atoms with Gasteiger partial charge in [0.2, 0.25) is 0 Å². The Hall–Kier alpha value is -2.55. The number of para-hydroxylation sites is 1. The standard InChI is InChI=1S/C20H22N2O/c1-2-3-13-21-20(23)18-15-22(14-16-9-5-4-6-10-16)19-12-8-7-11-17(18)19/h4-12,15H,2-3,13-14H2,1H3,(H,21,23). The molecule has 3 nitrogen and oxygen atoms in total. The molecule has 0 unspecified atom stereocenters. The molecule has 0 aliphatic heterocycles. The molecule has 0 aliphatic carbocycles. The lowest BCUT2D eigenvalue weighted by Crippen LogP contribution is -2.24. The van der Waals surface area contributed by atoms with Gasteiger partial charge in [0, 0.05) is 30.2 Å². The van der Waals surface area contributed by atoms with Gasteiger partial charge in [-0.2, -0.15) is 0 Å². The summed E-state index contributed by atoms with van der Waals surface area (Å²) in [4.78, 5) is 12.5. The number of benzene rings is 2. The maximum Gasteiger partial charge on any atom is 0.253 e. The van der Waals surface area contributed by atoms with Gasteiger partial charge in [-0.25, -0.2) is 0 Å². The molecular formula is C20H22N2O. The lowest BCUT2D eigenvalue weighted by molar-refractivity contribution is 0.0954. The molecule has 0 bridgehead atoms. The fourth-order valence-corrected chi connectivity index (χ4v) is 2.81. The monoisotopic (exact) mass is 306 g/mol. The Morgan fingerprint density at radius 1 is 1.04 bits per heavy atom. The summed E-state index contributed by atoms with van der Waals surface area (Å²) >= 11 is 0. The van der Waals surface area contributed by atoms with Gasteiger partial charge in [0.05, 0.1) is 5.56 Å². The number of nitrogens with zero attached hydrogens (tertiary/aromatic N) is 1. The van der Waals surface area contributed by atoms with E-state index in [9.17, 15) is 4.79 Å². The second-order valence-electron chi connectivity index (χ2n) is 5.78. The molecular weight excluding hydrogens is 284 g/mol. The summed E-state index contributed by atoms with van der Waals surface area (Å²) in [6.07, 6.45) is 4.06. The molecule has 3 heteroatoms. The molecule has 0 saturated carbocycles. The topological polar surface area (TPSA) is 34.0 Å². The van der Waals surface area contributed by atoms with Crippen LogP contribution in [0.15, 0.2) is 60.8 Å². The third-order valence-electron chi connectivity index (χ3n) is 4.04. The fourth-order valence-electron chi connectivity index (χ4n) is 2.81. The number of amides is 1. The lowest BCUT2D eigenvalue weighted by atomic mass is 10.1. The Morgan fingerprint density at radius 2 is 1.78 bits per heavy atom. The maximum atomic E-state index is 12.5. The van der Waals surface area contributed by atoms with E-state index in [0.29, 0.717) is 0 Å². The van der Waals surface area contributed by atoms with Crippen molar-refractivity contribution >= 4 is 16.8 Å². The summed E-state index contributed by atoms with van der Waals surface area (Å²) < 4.78 is 2.15. The van der Waals surface area contributed by atoms with Gasteiger partial charge in [0.15, 0.2) is 0 Å². The minimum atomic E-state index is 0.0152. The zero-order valence-corrected chi connectivity index (χ0v) is 13.5. The first-order valence-electron chi connectivity index (χ1n) is 8.19. The quantitative estimate of drug-likeness (QED) is 0.680. The van der Waals surface area contributed by atoms with Crippen LogP contribution in [0.3, 0.4) is 0 Å². The first kappa shape index (κ1) is 15.3. The van der Waals surface area contributed by atoms with Crippen LogP contribution in [-0.4, -0.2) is 17.0 Å². The van der Waals surface area contributed by atoms with E-state index < -0.39 is 0 Å². The van der Waals surface area contributed by atoms with Gasteiger partial charge < -0.3 is 9.88 Å². The molecule has 0 fully saturated rings. The lowest BCUT2D eigenvalue weighted by Gasteiger charge is -2.05. The van der Waals surface area contributed by atoms with Crippen molar-refractivity contribution in [1.29, 1.82) is 0 Å². The number of nitrogens with one attached hydrogen (secondary N) is 1. The second kappa shape index (κ2) is 7.14. The van der Waals surface area contributed by atoms with Crippen molar-refractivity contribution in [2.45, 2.75) is 26.3 Å². The summed E-state index contributed by atoms with van der Waals surface area (Å²) in [5.41, 5.74) is 3.08. The Bertz CT molecular complexity index is 790. The molecule has 1 aromatic heterocycles. The highest BCUT2D eigenvalue weighted by molar-refractivity contribution is 6.07. The number of hydrogen-bond acceptors (Lipinski definition) is 1. The Kier molecular flexibility index (Phi) is 4.77. The molecule has 2 aromatic carbocycles. The smallest absolute Gasteiger partial charge is 0.253 e. The molecule has 1 heterocycles. The molecule has 0 radical (unpaired) electrons. The van der Waals surface area contributed by atoms with Crippen molar-refractivity contribution in [3.05, 3.63) is 71.9 Å². The van der Waals surface area contributed by atoms with Gasteiger partial charge in [0.25, 0.3) is 5.91 Å². The SMILES string of the molecule is CCCCNC(=O)c1cn(Cc2ccccc2)c2ccccc12. The Balaban J connectivity index is 1.92. The van der Waals surface area contributed by atoms with Crippen molar-refractivity contribution in [2.24, 2.45) is 0 Å². The molecule has 0 aliphatic rings. The largest absolute Gasteiger partial charge is 0.352 e. The third kappa shape index (κ3) is 3.45. The number of aromatic nitrogens is 1. The normalized spacial score (nSPS) is 10.8. The van der Waals surface area contributed by atoms with Gasteiger partial charge in [0.1, 0.15) is 0 Å². The van der Waals surface area contributed by atoms with Crippen molar-refractivity contribution in [3.63, 3.8) is 0 Å². The van der Waals surface area contributed by atoms with Crippen molar-refractivity contribution in [3.8, 4) is 0 Å². The predicted octanol–water partition coefficient (Wildman–Crippen LogP) is 4.22. The first-order chi connectivity index (χ1) is 11.3. The maximum absolute atomic E-state index is 12.5. The third-order valence-corrected chi connectivity index (χ3v) is 4.04. The van der Waals surface area contributed by atoms with Crippen LogP contribution in [0.5, 0.6) is 0 Å². The highest BCUT2D eigenvalue weighted by atomic mass is 16.1. The van der Waals surface area contributed by atoms with Crippen LogP contribution in [0.25, 0.3) is 10.9 Å². The second-order valence-corrected chi connectivity index (χ2v) is 5.78. The summed E-state index contributed by atoms with van der Waals surface area (Å²) in [5.74, 6) is 0.0152. The van der Waals surface area contributed by atoms with E-state index in [2.05, 4.69) is 35.0 Å². The van der Waals surface area contributed by atoms with E-state index in [1.807, 2.05) is 42.6 Å². The van der Waals surface area contributed by atoms with Crippen molar-refractivity contribution in [2.75, 3.05) is 6.54 Å². The number of carbonyl (C=O) groups excluding carboxylic acids is 1. The molecule has 0 atom stereocenters. The van der Waals surface area contributed by atoms with Crippen molar-refractivity contribution < 1.29 is 4.79 Å². The summed E-state index contributed by atoms with van der Waals surface area (Å²) in [6.45, 7) is 3.62. The molecule has 23 heavy (non-hydrogen) atoms. The zero-order valence-electron chi connectivity index (χ0n) is 13.5. The summed E-state index contributed by atoms with van der Waals surface area (Å²) in [5, 5.41) is 4.03. The number of rotatable bonds is 6. The van der Waals surface area contributed by atoms with Crippen LogP contribution in [0, 0.1) is 0 Å². The molecule has 1 amide bonds. The summed E-state index contributed by atoms with van der Waals surface area (Å²) in [7, 11) is 0. The predicted molar refractivity (Wildman–Crippen MR) is 94.7 cm³/mol. The fraction of sp³-hybridized carbons (Fsp3) is 0.250. The molecule has 3 rings (SSSR count). The highest BCUT2D eigenvalue weighted by Gasteiger charge is 2.14. The van der Waals surface area contributed by atoms with Crippen LogP contribution >= 0.6 is 0 Å². The number of fused-ring (bicyclic) bond motifs is 1. The van der Waals surface area contributed by atoms with E-state index in [-0.39, 0.29) is 5.91 Å². The number of hydrogen-bond donors (Lipinski definition) is 1. The minimum absolute atomic E-state index is 0.0152. The Labute approximate surface area is 136 Å². The van der Waals surface area contributed by atoms with E-state index in [1.165, 1.54) is 5.56 Å². The van der Waals surface area contributed by atoms with Crippen LogP contribution in [0.4, 0.5) is 0 Å². The van der Waals surface area contributed by atoms with Gasteiger partial charge in [-0.3, -0.25) is 4.79 Å². The van der Waals surface area contributed by atoms with Gasteiger partial charge in [-0.05, 0) is 18.1 Å².